The third kappa shape index (κ3) is 5.18. The van der Waals surface area contributed by atoms with Crippen molar-refractivity contribution in [1.82, 2.24) is 25.1 Å². The summed E-state index contributed by atoms with van der Waals surface area (Å²) in [6.45, 7) is 3.23. The predicted molar refractivity (Wildman–Crippen MR) is 108 cm³/mol. The molecule has 0 saturated carbocycles. The van der Waals surface area contributed by atoms with Gasteiger partial charge in [-0.25, -0.2) is 9.97 Å². The fourth-order valence-corrected chi connectivity index (χ4v) is 3.77. The molecule has 8 nitrogen and oxygen atoms in total. The minimum absolute atomic E-state index is 0.168. The normalized spacial score (nSPS) is 13.3. The van der Waals surface area contributed by atoms with Gasteiger partial charge in [0.2, 0.25) is 0 Å². The van der Waals surface area contributed by atoms with E-state index in [1.807, 2.05) is 6.07 Å². The van der Waals surface area contributed by atoms with Gasteiger partial charge in [0.15, 0.2) is 16.5 Å². The number of halogens is 4. The topological polar surface area (TPSA) is 120 Å². The van der Waals surface area contributed by atoms with Gasteiger partial charge in [0.05, 0.1) is 22.8 Å². The number of carbonyl (C=O) groups excluding carboxylic acids is 1. The number of amides is 1. The second kappa shape index (κ2) is 9.15. The van der Waals surface area contributed by atoms with Crippen LogP contribution in [0.3, 0.4) is 0 Å². The van der Waals surface area contributed by atoms with Gasteiger partial charge in [0, 0.05) is 28.9 Å². The summed E-state index contributed by atoms with van der Waals surface area (Å²) in [7, 11) is 0. The van der Waals surface area contributed by atoms with Crippen LogP contribution in [0.2, 0.25) is 5.02 Å². The van der Waals surface area contributed by atoms with Crippen molar-refractivity contribution >= 4 is 28.7 Å². The van der Waals surface area contributed by atoms with E-state index in [9.17, 15) is 22.5 Å². The number of rotatable bonds is 5. The Hall–Kier alpha value is -3.14. The quantitative estimate of drug-likeness (QED) is 0.555. The van der Waals surface area contributed by atoms with Crippen LogP contribution in [-0.2, 0) is 11.2 Å². The highest BCUT2D eigenvalue weighted by molar-refractivity contribution is 7.92. The number of nitrogens with zero attached hydrogens (tertiary/aromatic N) is 5. The third-order valence-electron chi connectivity index (χ3n) is 4.12. The van der Waals surface area contributed by atoms with Crippen LogP contribution in [0.15, 0.2) is 41.4 Å². The lowest BCUT2D eigenvalue weighted by molar-refractivity contribution is -0.0435. The summed E-state index contributed by atoms with van der Waals surface area (Å²) >= 11 is 2.50. The zero-order valence-corrected chi connectivity index (χ0v) is 18.1. The summed E-state index contributed by atoms with van der Waals surface area (Å²) in [5.41, 5.74) is -4.84. The average Bonchev–Trinajstić information content (AvgIpc) is 3.14. The molecule has 2 aromatic heterocycles. The van der Waals surface area contributed by atoms with Gasteiger partial charge in [0.1, 0.15) is 11.9 Å². The standard InChI is InChI=1S/C19H14ClF3N6O2S/c1-10(17-27-11(2)28-29(17)16-4-3-12(8-24)9-25-16)26-18(30)13-5-14(20)7-15(6-13)32(31)19(21,22)23/h3-7,9-10H,1-2H3,(H,26,30)/t10-,32?/m0/s1. The summed E-state index contributed by atoms with van der Waals surface area (Å²) < 4.78 is 51.4. The van der Waals surface area contributed by atoms with Crippen molar-refractivity contribution in [2.75, 3.05) is 0 Å². The van der Waals surface area contributed by atoms with Crippen LogP contribution in [0.4, 0.5) is 13.2 Å². The molecule has 0 aliphatic rings. The summed E-state index contributed by atoms with van der Waals surface area (Å²) in [6, 6.07) is 7.24. The molecule has 0 saturated heterocycles. The van der Waals surface area contributed by atoms with Crippen molar-refractivity contribution in [3.8, 4) is 11.9 Å². The van der Waals surface area contributed by atoms with Gasteiger partial charge in [-0.2, -0.15) is 9.94 Å². The number of alkyl halides is 3. The molecule has 1 N–H and O–H groups in total. The highest BCUT2D eigenvalue weighted by Gasteiger charge is 2.46. The largest absolute Gasteiger partial charge is 0.604 e. The fraction of sp³-hybridized carbons (Fsp3) is 0.211. The van der Waals surface area contributed by atoms with Crippen molar-refractivity contribution in [3.05, 3.63) is 64.3 Å². The highest BCUT2D eigenvalue weighted by Crippen LogP contribution is 2.32. The van der Waals surface area contributed by atoms with E-state index in [0.29, 0.717) is 23.0 Å². The molecule has 0 radical (unpaired) electrons. The molecular weight excluding hydrogens is 469 g/mol. The number of hydrogen-bond donors (Lipinski definition) is 1. The molecule has 32 heavy (non-hydrogen) atoms. The number of nitriles is 1. The second-order valence-electron chi connectivity index (χ2n) is 6.53. The molecule has 1 aromatic carbocycles. The zero-order valence-electron chi connectivity index (χ0n) is 16.5. The van der Waals surface area contributed by atoms with Crippen LogP contribution in [0.5, 0.6) is 0 Å². The molecule has 1 amide bonds. The highest BCUT2D eigenvalue weighted by atomic mass is 35.5. The average molecular weight is 483 g/mol. The van der Waals surface area contributed by atoms with Gasteiger partial charge < -0.3 is 9.87 Å². The minimum Gasteiger partial charge on any atom is -0.604 e. The summed E-state index contributed by atoms with van der Waals surface area (Å²) in [5, 5.41) is 15.6. The Morgan fingerprint density at radius 3 is 2.66 bits per heavy atom. The fourth-order valence-electron chi connectivity index (χ4n) is 2.74. The van der Waals surface area contributed by atoms with Crippen molar-refractivity contribution in [1.29, 1.82) is 5.26 Å². The van der Waals surface area contributed by atoms with E-state index in [1.54, 1.807) is 26.0 Å². The summed E-state index contributed by atoms with van der Waals surface area (Å²) in [6.07, 6.45) is 1.35. The van der Waals surface area contributed by atoms with Crippen LogP contribution in [0.1, 0.15) is 40.5 Å². The molecule has 13 heteroatoms. The van der Waals surface area contributed by atoms with E-state index in [4.69, 9.17) is 16.9 Å². The van der Waals surface area contributed by atoms with E-state index >= 15 is 0 Å². The molecule has 0 spiro atoms. The molecule has 0 fully saturated rings. The Balaban J connectivity index is 1.87. The van der Waals surface area contributed by atoms with Gasteiger partial charge in [-0.15, -0.1) is 18.3 Å². The Bertz CT molecular complexity index is 1190. The van der Waals surface area contributed by atoms with E-state index in [0.717, 1.165) is 12.1 Å². The molecule has 0 aliphatic carbocycles. The Kier molecular flexibility index (Phi) is 6.73. The first-order valence-electron chi connectivity index (χ1n) is 8.89. The minimum atomic E-state index is -4.99. The van der Waals surface area contributed by atoms with Crippen LogP contribution in [0.25, 0.3) is 5.82 Å². The monoisotopic (exact) mass is 482 g/mol. The molecule has 0 bridgehead atoms. The SMILES string of the molecule is Cc1nc([C@H](C)NC(=O)c2cc(Cl)cc([S+]([O-])C(F)(F)F)c2)n(-c2ccc(C#N)cn2)n1. The van der Waals surface area contributed by atoms with Gasteiger partial charge in [-0.05, 0) is 32.0 Å². The molecule has 0 aliphatic heterocycles. The van der Waals surface area contributed by atoms with Gasteiger partial charge in [-0.3, -0.25) is 4.79 Å². The number of hydrogen-bond acceptors (Lipinski definition) is 6. The Labute approximate surface area is 188 Å². The maximum absolute atomic E-state index is 12.8. The number of aromatic nitrogens is 4. The smallest absolute Gasteiger partial charge is 0.578 e. The number of benzene rings is 1. The first-order valence-corrected chi connectivity index (χ1v) is 10.4. The van der Waals surface area contributed by atoms with Crippen molar-refractivity contribution in [2.24, 2.45) is 0 Å². The summed E-state index contributed by atoms with van der Waals surface area (Å²) in [5.74, 6) is 0.291. The number of nitrogens with one attached hydrogen (secondary N) is 1. The van der Waals surface area contributed by atoms with Crippen LogP contribution >= 0.6 is 11.6 Å². The number of pyridine rings is 1. The summed E-state index contributed by atoms with van der Waals surface area (Å²) in [4.78, 5) is 20.5. The van der Waals surface area contributed by atoms with E-state index in [1.165, 1.54) is 16.9 Å². The lowest BCUT2D eigenvalue weighted by Gasteiger charge is -2.16. The van der Waals surface area contributed by atoms with E-state index in [2.05, 4.69) is 20.4 Å². The van der Waals surface area contributed by atoms with Gasteiger partial charge >= 0.3 is 5.51 Å². The first kappa shape index (κ1) is 23.5. The first-order chi connectivity index (χ1) is 15.0. The van der Waals surface area contributed by atoms with Crippen LogP contribution in [0, 0.1) is 18.3 Å². The molecule has 3 rings (SSSR count). The molecule has 3 aromatic rings. The zero-order chi connectivity index (χ0) is 23.6. The predicted octanol–water partition coefficient (Wildman–Crippen LogP) is 3.61. The van der Waals surface area contributed by atoms with Crippen molar-refractivity contribution in [3.63, 3.8) is 0 Å². The number of carbonyl (C=O) groups is 1. The molecule has 166 valence electrons. The molecule has 2 heterocycles. The molecule has 2 atom stereocenters. The number of aryl methyl sites for hydroxylation is 1. The third-order valence-corrected chi connectivity index (χ3v) is 5.43. The lowest BCUT2D eigenvalue weighted by atomic mass is 10.2. The van der Waals surface area contributed by atoms with Gasteiger partial charge in [0.25, 0.3) is 5.91 Å². The van der Waals surface area contributed by atoms with E-state index < -0.39 is 33.5 Å². The lowest BCUT2D eigenvalue weighted by Crippen LogP contribution is -2.29. The van der Waals surface area contributed by atoms with Gasteiger partial charge in [-0.1, -0.05) is 11.6 Å². The molecular formula is C19H14ClF3N6O2S. The Morgan fingerprint density at radius 2 is 2.06 bits per heavy atom. The molecule has 1 unspecified atom stereocenters. The van der Waals surface area contributed by atoms with E-state index in [-0.39, 0.29) is 10.6 Å². The van der Waals surface area contributed by atoms with Crippen LogP contribution < -0.4 is 5.32 Å². The van der Waals surface area contributed by atoms with Crippen molar-refractivity contribution in [2.45, 2.75) is 30.3 Å². The maximum atomic E-state index is 12.8. The Morgan fingerprint density at radius 1 is 1.34 bits per heavy atom. The maximum Gasteiger partial charge on any atom is 0.578 e. The second-order valence-corrected chi connectivity index (χ2v) is 8.44. The van der Waals surface area contributed by atoms with Crippen molar-refractivity contribution < 1.29 is 22.5 Å². The van der Waals surface area contributed by atoms with Crippen LogP contribution in [-0.4, -0.2) is 35.7 Å².